The molecule has 0 bridgehead atoms. The lowest BCUT2D eigenvalue weighted by Crippen LogP contribution is -2.30. The molecule has 0 spiro atoms. The fraction of sp³-hybridized carbons (Fsp3) is 0.946. The number of esters is 3. The maximum Gasteiger partial charge on any atom is 0.306 e. The van der Waals surface area contributed by atoms with Crippen molar-refractivity contribution in [3.05, 3.63) is 0 Å². The first-order valence-electron chi connectivity index (χ1n) is 27.7. The smallest absolute Gasteiger partial charge is 0.306 e. The van der Waals surface area contributed by atoms with Gasteiger partial charge < -0.3 is 14.2 Å². The predicted molar refractivity (Wildman–Crippen MR) is 266 cm³/mol. The maximum atomic E-state index is 12.8. The monoisotopic (exact) mass is 877 g/mol. The van der Waals surface area contributed by atoms with Gasteiger partial charge in [-0.2, -0.15) is 0 Å². The molecule has 0 saturated carbocycles. The third-order valence-electron chi connectivity index (χ3n) is 12.7. The number of unbranched alkanes of at least 4 members (excludes halogenated alkanes) is 35. The molecule has 0 aliphatic rings. The Hall–Kier alpha value is -1.59. The third-order valence-corrected chi connectivity index (χ3v) is 12.7. The SMILES string of the molecule is CCCCCCCCCCCCCCCCCCCC(=O)OC[C@@H](COC(=O)CCCCCCCCCCCCC(C)C)OC(=O)CCCCCCCCCCCCCC(C)C. The van der Waals surface area contributed by atoms with Crippen LogP contribution >= 0.6 is 0 Å². The van der Waals surface area contributed by atoms with Gasteiger partial charge in [-0.15, -0.1) is 0 Å². The molecule has 6 nitrogen and oxygen atoms in total. The van der Waals surface area contributed by atoms with Crippen LogP contribution in [0.15, 0.2) is 0 Å². The molecule has 0 heterocycles. The molecule has 0 radical (unpaired) electrons. The molecule has 0 unspecified atom stereocenters. The lowest BCUT2D eigenvalue weighted by Gasteiger charge is -2.18. The molecular formula is C56H108O6. The number of ether oxygens (including phenoxy) is 3. The molecule has 0 N–H and O–H groups in total. The summed E-state index contributed by atoms with van der Waals surface area (Å²) in [7, 11) is 0. The van der Waals surface area contributed by atoms with Gasteiger partial charge in [-0.1, -0.05) is 272 Å². The average Bonchev–Trinajstić information content (AvgIpc) is 3.24. The van der Waals surface area contributed by atoms with Gasteiger partial charge >= 0.3 is 17.9 Å². The lowest BCUT2D eigenvalue weighted by molar-refractivity contribution is -0.167. The number of rotatable bonds is 50. The summed E-state index contributed by atoms with van der Waals surface area (Å²) in [5.74, 6) is 0.800. The van der Waals surface area contributed by atoms with Crippen LogP contribution in [-0.4, -0.2) is 37.2 Å². The predicted octanol–water partition coefficient (Wildman–Crippen LogP) is 18.1. The number of carbonyl (C=O) groups is 3. The van der Waals surface area contributed by atoms with E-state index in [1.807, 2.05) is 0 Å². The highest BCUT2D eigenvalue weighted by atomic mass is 16.6. The van der Waals surface area contributed by atoms with E-state index in [-0.39, 0.29) is 31.1 Å². The van der Waals surface area contributed by atoms with E-state index in [1.165, 1.54) is 199 Å². The zero-order valence-electron chi connectivity index (χ0n) is 42.5. The Morgan fingerprint density at radius 3 is 0.790 bits per heavy atom. The van der Waals surface area contributed by atoms with Gasteiger partial charge in [0.15, 0.2) is 6.10 Å². The highest BCUT2D eigenvalue weighted by molar-refractivity contribution is 5.71. The molecule has 0 aliphatic heterocycles. The molecule has 0 aromatic carbocycles. The summed E-state index contributed by atoms with van der Waals surface area (Å²) in [5.41, 5.74) is 0. The summed E-state index contributed by atoms with van der Waals surface area (Å²) >= 11 is 0. The van der Waals surface area contributed by atoms with Crippen molar-refractivity contribution >= 4 is 17.9 Å². The third kappa shape index (κ3) is 49.4. The second kappa shape index (κ2) is 48.9. The van der Waals surface area contributed by atoms with Crippen LogP contribution in [0, 0.1) is 11.8 Å². The van der Waals surface area contributed by atoms with Crippen LogP contribution in [-0.2, 0) is 28.6 Å². The van der Waals surface area contributed by atoms with Gasteiger partial charge in [0, 0.05) is 19.3 Å². The highest BCUT2D eigenvalue weighted by Gasteiger charge is 2.19. The summed E-state index contributed by atoms with van der Waals surface area (Å²) in [4.78, 5) is 38.1. The summed E-state index contributed by atoms with van der Waals surface area (Å²) < 4.78 is 16.9. The minimum Gasteiger partial charge on any atom is -0.462 e. The Bertz CT molecular complexity index is 947. The molecule has 62 heavy (non-hydrogen) atoms. The zero-order valence-corrected chi connectivity index (χ0v) is 42.5. The van der Waals surface area contributed by atoms with Crippen molar-refractivity contribution in [3.8, 4) is 0 Å². The van der Waals surface area contributed by atoms with Crippen LogP contribution in [0.1, 0.15) is 311 Å². The van der Waals surface area contributed by atoms with Gasteiger partial charge in [0.1, 0.15) is 13.2 Å². The first kappa shape index (κ1) is 60.4. The quantitative estimate of drug-likeness (QED) is 0.0344. The summed E-state index contributed by atoms with van der Waals surface area (Å²) in [6.45, 7) is 11.4. The molecule has 0 saturated heterocycles. The van der Waals surface area contributed by atoms with E-state index < -0.39 is 6.10 Å². The van der Waals surface area contributed by atoms with Gasteiger partial charge in [-0.05, 0) is 31.1 Å². The van der Waals surface area contributed by atoms with Crippen molar-refractivity contribution in [1.82, 2.24) is 0 Å². The molecule has 0 amide bonds. The normalized spacial score (nSPS) is 12.0. The molecule has 0 aromatic heterocycles. The summed E-state index contributed by atoms with van der Waals surface area (Å²) in [6.07, 6.45) is 50.9. The highest BCUT2D eigenvalue weighted by Crippen LogP contribution is 2.18. The van der Waals surface area contributed by atoms with Crippen molar-refractivity contribution in [3.63, 3.8) is 0 Å². The summed E-state index contributed by atoms with van der Waals surface area (Å²) in [5, 5.41) is 0. The van der Waals surface area contributed by atoms with E-state index >= 15 is 0 Å². The molecule has 6 heteroatoms. The van der Waals surface area contributed by atoms with Crippen LogP contribution in [0.5, 0.6) is 0 Å². The van der Waals surface area contributed by atoms with Crippen molar-refractivity contribution < 1.29 is 28.6 Å². The largest absolute Gasteiger partial charge is 0.462 e. The average molecular weight is 877 g/mol. The Labute approximate surface area is 387 Å². The van der Waals surface area contributed by atoms with E-state index in [2.05, 4.69) is 34.6 Å². The first-order chi connectivity index (χ1) is 30.2. The second-order valence-electron chi connectivity index (χ2n) is 20.2. The van der Waals surface area contributed by atoms with E-state index in [0.717, 1.165) is 69.6 Å². The Morgan fingerprint density at radius 2 is 0.532 bits per heavy atom. The number of hydrogen-bond acceptors (Lipinski definition) is 6. The van der Waals surface area contributed by atoms with Gasteiger partial charge in [0.25, 0.3) is 0 Å². The molecule has 0 aliphatic carbocycles. The van der Waals surface area contributed by atoms with Crippen LogP contribution < -0.4 is 0 Å². The van der Waals surface area contributed by atoms with E-state index in [0.29, 0.717) is 19.3 Å². The minimum absolute atomic E-state index is 0.0632. The molecular weight excluding hydrogens is 769 g/mol. The standard InChI is InChI=1S/C56H108O6/c1-6-7-8-9-10-11-12-13-14-15-16-17-20-26-31-36-41-46-54(57)60-49-53(50-61-55(58)47-42-37-32-27-23-22-25-30-35-40-45-52(4)5)62-56(59)48-43-38-33-28-21-18-19-24-29-34-39-44-51(2)3/h51-53H,6-50H2,1-5H3/t53-/m0/s1. The summed E-state index contributed by atoms with van der Waals surface area (Å²) in [6, 6.07) is 0. The number of hydrogen-bond donors (Lipinski definition) is 0. The topological polar surface area (TPSA) is 78.9 Å². The molecule has 0 aromatic rings. The maximum absolute atomic E-state index is 12.8. The van der Waals surface area contributed by atoms with Crippen LogP contribution in [0.2, 0.25) is 0 Å². The van der Waals surface area contributed by atoms with Crippen molar-refractivity contribution in [2.45, 2.75) is 317 Å². The Kier molecular flexibility index (Phi) is 47.6. The van der Waals surface area contributed by atoms with Gasteiger partial charge in [-0.25, -0.2) is 0 Å². The number of carbonyl (C=O) groups excluding carboxylic acids is 3. The first-order valence-corrected chi connectivity index (χ1v) is 27.7. The minimum atomic E-state index is -0.762. The molecule has 1 atom stereocenters. The van der Waals surface area contributed by atoms with E-state index in [1.54, 1.807) is 0 Å². The van der Waals surface area contributed by atoms with Crippen LogP contribution in [0.25, 0.3) is 0 Å². The lowest BCUT2D eigenvalue weighted by atomic mass is 10.0. The van der Waals surface area contributed by atoms with Gasteiger partial charge in [0.2, 0.25) is 0 Å². The van der Waals surface area contributed by atoms with Crippen LogP contribution in [0.4, 0.5) is 0 Å². The molecule has 0 fully saturated rings. The van der Waals surface area contributed by atoms with E-state index in [9.17, 15) is 14.4 Å². The zero-order chi connectivity index (χ0) is 45.4. The Balaban J connectivity index is 4.29. The fourth-order valence-electron chi connectivity index (χ4n) is 8.52. The van der Waals surface area contributed by atoms with Crippen molar-refractivity contribution in [2.75, 3.05) is 13.2 Å². The van der Waals surface area contributed by atoms with Crippen LogP contribution in [0.3, 0.4) is 0 Å². The van der Waals surface area contributed by atoms with Crippen molar-refractivity contribution in [2.24, 2.45) is 11.8 Å². The molecule has 368 valence electrons. The van der Waals surface area contributed by atoms with E-state index in [4.69, 9.17) is 14.2 Å². The fourth-order valence-corrected chi connectivity index (χ4v) is 8.52. The second-order valence-corrected chi connectivity index (χ2v) is 20.2. The van der Waals surface area contributed by atoms with Gasteiger partial charge in [0.05, 0.1) is 0 Å². The Morgan fingerprint density at radius 1 is 0.306 bits per heavy atom. The molecule has 0 rings (SSSR count). The van der Waals surface area contributed by atoms with Crippen molar-refractivity contribution in [1.29, 1.82) is 0 Å². The van der Waals surface area contributed by atoms with Gasteiger partial charge in [-0.3, -0.25) is 14.4 Å².